The number of hydrogen-bond donors (Lipinski definition) is 2. The first kappa shape index (κ1) is 19.7. The molecule has 0 saturated heterocycles. The fourth-order valence-corrected chi connectivity index (χ4v) is 6.38. The Bertz CT molecular complexity index is 485. The van der Waals surface area contributed by atoms with Gasteiger partial charge in [-0.1, -0.05) is 33.8 Å². The second-order valence-electron chi connectivity index (χ2n) is 8.74. The third-order valence-electron chi connectivity index (χ3n) is 7.74. The van der Waals surface area contributed by atoms with Gasteiger partial charge in [0.1, 0.15) is 0 Å². The van der Waals surface area contributed by atoms with E-state index in [9.17, 15) is 9.90 Å². The van der Waals surface area contributed by atoms with Crippen LogP contribution in [0.25, 0.3) is 0 Å². The van der Waals surface area contributed by atoms with E-state index in [1.807, 2.05) is 0 Å². The largest absolute Gasteiger partial charge is 0.400 e. The van der Waals surface area contributed by atoms with Gasteiger partial charge >= 0.3 is 0 Å². The smallest absolute Gasteiger partial charge is 0.161 e. The highest BCUT2D eigenvalue weighted by Gasteiger charge is 2.58. The average molecular weight is 337 g/mol. The number of rotatable bonds is 2. The first-order valence-corrected chi connectivity index (χ1v) is 9.66. The monoisotopic (exact) mass is 336 g/mol. The highest BCUT2D eigenvalue weighted by Crippen LogP contribution is 2.64. The van der Waals surface area contributed by atoms with Gasteiger partial charge in [0, 0.05) is 19.6 Å². The molecule has 138 valence electrons. The Balaban J connectivity index is 0.00000100. The standard InChI is InChI=1S/C20H32O2.CH4O/c1-5-14-11-16-15(18(22)13(14)2)7-8-17-19(3,12-21)9-6-10-20(16,17)4;1-2/h14-17,21H,2,5-12H2,1,3-4H3;2H,1H3/t14-,15?,16?,17?,19?,20?;/m0./s1. The van der Waals surface area contributed by atoms with Crippen molar-refractivity contribution in [2.75, 3.05) is 13.7 Å². The molecule has 0 aliphatic heterocycles. The van der Waals surface area contributed by atoms with E-state index >= 15 is 0 Å². The van der Waals surface area contributed by atoms with Crippen LogP contribution in [0.5, 0.6) is 0 Å². The lowest BCUT2D eigenvalue weighted by molar-refractivity contribution is -0.149. The molecule has 0 amide bonds. The third-order valence-corrected chi connectivity index (χ3v) is 7.74. The molecule has 0 spiro atoms. The van der Waals surface area contributed by atoms with Crippen LogP contribution in [0.1, 0.15) is 65.7 Å². The molecule has 3 aliphatic rings. The van der Waals surface area contributed by atoms with Crippen molar-refractivity contribution in [2.24, 2.45) is 34.5 Å². The minimum absolute atomic E-state index is 0.0528. The lowest BCUT2D eigenvalue weighted by Crippen LogP contribution is -2.56. The molecule has 3 nitrogen and oxygen atoms in total. The molecule has 0 aromatic carbocycles. The molecule has 3 fully saturated rings. The summed E-state index contributed by atoms with van der Waals surface area (Å²) in [5.41, 5.74) is 1.17. The number of hydrogen-bond acceptors (Lipinski definition) is 3. The SMILES string of the molecule is C=C1C(=O)C2CCC3C(C)(CO)CCCC3(C)C2C[C@@H]1CC.CO. The number of allylic oxidation sites excluding steroid dienone is 1. The normalized spacial score (nSPS) is 44.9. The van der Waals surface area contributed by atoms with Crippen molar-refractivity contribution < 1.29 is 15.0 Å². The summed E-state index contributed by atoms with van der Waals surface area (Å²) in [7, 11) is 1.00. The summed E-state index contributed by atoms with van der Waals surface area (Å²) in [6.45, 7) is 11.3. The van der Waals surface area contributed by atoms with E-state index in [2.05, 4.69) is 27.4 Å². The minimum Gasteiger partial charge on any atom is -0.400 e. The van der Waals surface area contributed by atoms with Crippen LogP contribution < -0.4 is 0 Å². The average Bonchev–Trinajstić information content (AvgIpc) is 2.59. The summed E-state index contributed by atoms with van der Waals surface area (Å²) in [5.74, 6) is 2.01. The summed E-state index contributed by atoms with van der Waals surface area (Å²) >= 11 is 0. The molecule has 3 saturated carbocycles. The van der Waals surface area contributed by atoms with Crippen molar-refractivity contribution in [3.05, 3.63) is 12.2 Å². The molecule has 24 heavy (non-hydrogen) atoms. The van der Waals surface area contributed by atoms with E-state index in [-0.39, 0.29) is 16.7 Å². The molecule has 0 bridgehead atoms. The van der Waals surface area contributed by atoms with Crippen molar-refractivity contribution in [1.29, 1.82) is 0 Å². The molecule has 0 radical (unpaired) electrons. The molecule has 3 rings (SSSR count). The summed E-state index contributed by atoms with van der Waals surface area (Å²) in [6.07, 6.45) is 7.84. The van der Waals surface area contributed by atoms with Gasteiger partial charge in [-0.15, -0.1) is 0 Å². The maximum atomic E-state index is 12.8. The van der Waals surface area contributed by atoms with E-state index in [4.69, 9.17) is 5.11 Å². The van der Waals surface area contributed by atoms with Gasteiger partial charge < -0.3 is 10.2 Å². The molecule has 3 heteroatoms. The maximum absolute atomic E-state index is 12.8. The van der Waals surface area contributed by atoms with Crippen LogP contribution in [0.15, 0.2) is 12.2 Å². The lowest BCUT2D eigenvalue weighted by Gasteiger charge is -2.61. The number of ketones is 1. The van der Waals surface area contributed by atoms with E-state index in [1.54, 1.807) is 0 Å². The molecule has 3 aliphatic carbocycles. The van der Waals surface area contributed by atoms with Gasteiger partial charge in [0.15, 0.2) is 5.78 Å². The Morgan fingerprint density at radius 2 is 1.88 bits per heavy atom. The summed E-state index contributed by atoms with van der Waals surface area (Å²) < 4.78 is 0. The number of carbonyl (C=O) groups is 1. The van der Waals surface area contributed by atoms with Crippen LogP contribution >= 0.6 is 0 Å². The summed E-state index contributed by atoms with van der Waals surface area (Å²) in [5, 5.41) is 17.0. The van der Waals surface area contributed by atoms with Crippen LogP contribution in [0.2, 0.25) is 0 Å². The Morgan fingerprint density at radius 1 is 1.21 bits per heavy atom. The molecule has 2 N–H and O–H groups in total. The number of Topliss-reactive ketones (excluding diaryl/α,β-unsaturated/α-hetero) is 1. The van der Waals surface area contributed by atoms with Gasteiger partial charge in [0.2, 0.25) is 0 Å². The highest BCUT2D eigenvalue weighted by atomic mass is 16.3. The molecule has 6 atom stereocenters. The molecule has 0 heterocycles. The lowest BCUT2D eigenvalue weighted by atomic mass is 9.43. The zero-order chi connectivity index (χ0) is 18.1. The second-order valence-corrected chi connectivity index (χ2v) is 8.74. The summed E-state index contributed by atoms with van der Waals surface area (Å²) in [6, 6.07) is 0. The van der Waals surface area contributed by atoms with E-state index in [1.165, 1.54) is 12.8 Å². The van der Waals surface area contributed by atoms with Crippen LogP contribution in [-0.4, -0.2) is 29.7 Å². The molecule has 0 aromatic rings. The first-order chi connectivity index (χ1) is 11.4. The molecular weight excluding hydrogens is 300 g/mol. The first-order valence-electron chi connectivity index (χ1n) is 9.66. The van der Waals surface area contributed by atoms with Gasteiger partial charge in [-0.05, 0) is 72.7 Å². The van der Waals surface area contributed by atoms with Crippen LogP contribution in [0, 0.1) is 34.5 Å². The summed E-state index contributed by atoms with van der Waals surface area (Å²) in [4.78, 5) is 12.8. The van der Waals surface area contributed by atoms with Crippen molar-refractivity contribution >= 4 is 5.78 Å². The van der Waals surface area contributed by atoms with Gasteiger partial charge in [0.05, 0.1) is 0 Å². The Morgan fingerprint density at radius 3 is 2.46 bits per heavy atom. The van der Waals surface area contributed by atoms with Gasteiger partial charge in [0.25, 0.3) is 0 Å². The van der Waals surface area contributed by atoms with E-state index < -0.39 is 0 Å². The van der Waals surface area contributed by atoms with Crippen molar-refractivity contribution in [1.82, 2.24) is 0 Å². The van der Waals surface area contributed by atoms with Crippen LogP contribution in [0.3, 0.4) is 0 Å². The second kappa shape index (κ2) is 7.29. The Hall–Kier alpha value is -0.670. The fraction of sp³-hybridized carbons (Fsp3) is 0.857. The zero-order valence-electron chi connectivity index (χ0n) is 16.0. The van der Waals surface area contributed by atoms with Gasteiger partial charge in [-0.2, -0.15) is 0 Å². The van der Waals surface area contributed by atoms with Crippen molar-refractivity contribution in [3.8, 4) is 0 Å². The molecular formula is C21H36O3. The molecule has 0 aromatic heterocycles. The van der Waals surface area contributed by atoms with Crippen LogP contribution in [0.4, 0.5) is 0 Å². The Kier molecular flexibility index (Phi) is 5.97. The maximum Gasteiger partial charge on any atom is 0.161 e. The minimum atomic E-state index is 0.0528. The van der Waals surface area contributed by atoms with Crippen molar-refractivity contribution in [2.45, 2.75) is 65.7 Å². The van der Waals surface area contributed by atoms with E-state index in [0.29, 0.717) is 30.1 Å². The number of aliphatic hydroxyl groups is 2. The third kappa shape index (κ3) is 2.88. The van der Waals surface area contributed by atoms with Crippen molar-refractivity contribution in [3.63, 3.8) is 0 Å². The number of carbonyl (C=O) groups excluding carboxylic acids is 1. The highest BCUT2D eigenvalue weighted by molar-refractivity contribution is 5.98. The van der Waals surface area contributed by atoms with E-state index in [0.717, 1.165) is 44.8 Å². The number of fused-ring (bicyclic) bond motifs is 3. The quantitative estimate of drug-likeness (QED) is 0.750. The molecule has 5 unspecified atom stereocenters. The predicted molar refractivity (Wildman–Crippen MR) is 97.5 cm³/mol. The number of aliphatic hydroxyl groups excluding tert-OH is 2. The van der Waals surface area contributed by atoms with Gasteiger partial charge in [-0.3, -0.25) is 4.79 Å². The Labute approximate surface area is 147 Å². The zero-order valence-corrected chi connectivity index (χ0v) is 16.0. The fourth-order valence-electron chi connectivity index (χ4n) is 6.38. The van der Waals surface area contributed by atoms with Crippen LogP contribution in [-0.2, 0) is 4.79 Å². The van der Waals surface area contributed by atoms with Gasteiger partial charge in [-0.25, -0.2) is 0 Å². The predicted octanol–water partition coefficient (Wildman–Crippen LogP) is 3.98. The topological polar surface area (TPSA) is 57.5 Å².